The van der Waals surface area contributed by atoms with Crippen LogP contribution in [0.5, 0.6) is 5.88 Å². The number of amides is 1. The lowest BCUT2D eigenvalue weighted by atomic mass is 10.1. The van der Waals surface area contributed by atoms with Crippen LogP contribution in [0.25, 0.3) is 11.8 Å². The number of hydrazone groups is 1. The molecule has 8 heteroatoms. The summed E-state index contributed by atoms with van der Waals surface area (Å²) in [5.41, 5.74) is 0.592. The van der Waals surface area contributed by atoms with Crippen LogP contribution in [0, 0.1) is 6.92 Å². The third-order valence-electron chi connectivity index (χ3n) is 4.73. The van der Waals surface area contributed by atoms with Crippen molar-refractivity contribution in [3.8, 4) is 11.6 Å². The minimum absolute atomic E-state index is 0.147. The number of para-hydroxylation sites is 1. The second-order valence-electron chi connectivity index (χ2n) is 6.87. The van der Waals surface area contributed by atoms with E-state index < -0.39 is 23.0 Å². The van der Waals surface area contributed by atoms with E-state index in [2.05, 4.69) is 10.1 Å². The number of aromatic nitrogens is 2. The summed E-state index contributed by atoms with van der Waals surface area (Å²) in [4.78, 5) is 39.9. The van der Waals surface area contributed by atoms with Crippen LogP contribution in [-0.4, -0.2) is 26.3 Å². The summed E-state index contributed by atoms with van der Waals surface area (Å²) in [5.74, 6) is -0.994. The van der Waals surface area contributed by atoms with Crippen LogP contribution >= 0.6 is 0 Å². The summed E-state index contributed by atoms with van der Waals surface area (Å²) in [5, 5.41) is 16.2. The number of benzene rings is 2. The summed E-state index contributed by atoms with van der Waals surface area (Å²) >= 11 is 0. The van der Waals surface area contributed by atoms with Crippen molar-refractivity contribution in [3.05, 3.63) is 92.1 Å². The normalized spacial score (nSPS) is 15.0. The second kappa shape index (κ2) is 7.32. The van der Waals surface area contributed by atoms with Gasteiger partial charge in [-0.25, -0.2) is 9.36 Å². The van der Waals surface area contributed by atoms with E-state index in [1.807, 2.05) is 19.1 Å². The Morgan fingerprint density at radius 1 is 0.967 bits per heavy atom. The van der Waals surface area contributed by atoms with Crippen LogP contribution < -0.4 is 16.3 Å². The molecule has 2 heterocycles. The first kappa shape index (κ1) is 19.1. The SMILES string of the molecule is CC1=NN(c2ccccc2)C(=O)/C1=C/c1c(O)n(-c2cccc(C)c2)c(=O)[nH]c1=O. The van der Waals surface area contributed by atoms with Crippen molar-refractivity contribution in [3.63, 3.8) is 0 Å². The maximum atomic E-state index is 12.9. The van der Waals surface area contributed by atoms with Gasteiger partial charge < -0.3 is 5.11 Å². The van der Waals surface area contributed by atoms with Gasteiger partial charge in [0, 0.05) is 0 Å². The van der Waals surface area contributed by atoms with Crippen molar-refractivity contribution in [1.29, 1.82) is 0 Å². The van der Waals surface area contributed by atoms with Gasteiger partial charge in [-0.1, -0.05) is 30.3 Å². The monoisotopic (exact) mass is 402 g/mol. The molecular formula is C22H18N4O4. The minimum atomic E-state index is -0.798. The Kier molecular flexibility index (Phi) is 4.67. The summed E-state index contributed by atoms with van der Waals surface area (Å²) < 4.78 is 0.988. The van der Waals surface area contributed by atoms with E-state index in [9.17, 15) is 19.5 Å². The average Bonchev–Trinajstić information content (AvgIpc) is 2.99. The summed E-state index contributed by atoms with van der Waals surface area (Å²) in [7, 11) is 0. The first-order chi connectivity index (χ1) is 14.4. The third kappa shape index (κ3) is 3.24. The molecule has 0 saturated heterocycles. The molecule has 2 N–H and O–H groups in total. The number of aryl methyl sites for hydroxylation is 1. The van der Waals surface area contributed by atoms with E-state index in [-0.39, 0.29) is 11.1 Å². The molecule has 1 aliphatic heterocycles. The molecule has 150 valence electrons. The zero-order valence-electron chi connectivity index (χ0n) is 16.3. The molecular weight excluding hydrogens is 384 g/mol. The fourth-order valence-electron chi connectivity index (χ4n) is 3.25. The Morgan fingerprint density at radius 2 is 1.67 bits per heavy atom. The molecule has 0 saturated carbocycles. The first-order valence-corrected chi connectivity index (χ1v) is 9.19. The number of nitrogens with one attached hydrogen (secondary N) is 1. The van der Waals surface area contributed by atoms with Gasteiger partial charge in [0.05, 0.1) is 22.7 Å². The van der Waals surface area contributed by atoms with Gasteiger partial charge in [0.1, 0.15) is 5.56 Å². The molecule has 0 unspecified atom stereocenters. The molecule has 0 radical (unpaired) electrons. The number of hydrogen-bond donors (Lipinski definition) is 2. The lowest BCUT2D eigenvalue weighted by Gasteiger charge is -2.12. The lowest BCUT2D eigenvalue weighted by molar-refractivity contribution is -0.114. The number of anilines is 1. The maximum absolute atomic E-state index is 12.9. The van der Waals surface area contributed by atoms with E-state index in [1.165, 1.54) is 11.1 Å². The van der Waals surface area contributed by atoms with Gasteiger partial charge >= 0.3 is 5.69 Å². The number of hydrogen-bond acceptors (Lipinski definition) is 5. The van der Waals surface area contributed by atoms with Crippen LogP contribution in [0.1, 0.15) is 18.1 Å². The van der Waals surface area contributed by atoms with E-state index in [0.717, 1.165) is 10.1 Å². The van der Waals surface area contributed by atoms with Gasteiger partial charge in [-0.05, 0) is 49.8 Å². The van der Waals surface area contributed by atoms with Crippen molar-refractivity contribution in [2.24, 2.45) is 5.10 Å². The van der Waals surface area contributed by atoms with Crippen LogP contribution in [0.3, 0.4) is 0 Å². The zero-order chi connectivity index (χ0) is 21.4. The highest BCUT2D eigenvalue weighted by atomic mass is 16.3. The number of nitrogens with zero attached hydrogens (tertiary/aromatic N) is 3. The smallest absolute Gasteiger partial charge is 0.335 e. The van der Waals surface area contributed by atoms with Crippen molar-refractivity contribution in [1.82, 2.24) is 9.55 Å². The number of carbonyl (C=O) groups excluding carboxylic acids is 1. The molecule has 1 amide bonds. The van der Waals surface area contributed by atoms with Crippen LogP contribution in [0.15, 0.2) is 74.9 Å². The Bertz CT molecular complexity index is 1330. The number of rotatable bonds is 3. The molecule has 0 atom stereocenters. The molecule has 0 bridgehead atoms. The van der Waals surface area contributed by atoms with Crippen molar-refractivity contribution in [2.45, 2.75) is 13.8 Å². The van der Waals surface area contributed by atoms with Crippen molar-refractivity contribution in [2.75, 3.05) is 5.01 Å². The zero-order valence-corrected chi connectivity index (χ0v) is 16.3. The lowest BCUT2D eigenvalue weighted by Crippen LogP contribution is -2.30. The standard InChI is InChI=1S/C22H18N4O4/c1-13-7-6-10-16(11-13)25-20(28)18(19(27)23-22(25)30)12-17-14(2)24-26(21(17)29)15-8-4-3-5-9-15/h3-12,28H,1-2H3,(H,23,27,30)/b17-12+. The molecule has 4 rings (SSSR count). The summed E-state index contributed by atoms with van der Waals surface area (Å²) in [6, 6.07) is 15.8. The second-order valence-corrected chi connectivity index (χ2v) is 6.87. The highest BCUT2D eigenvalue weighted by molar-refractivity contribution is 6.32. The predicted octanol–water partition coefficient (Wildman–Crippen LogP) is 2.35. The molecule has 0 fully saturated rings. The Balaban J connectivity index is 1.84. The minimum Gasteiger partial charge on any atom is -0.494 e. The summed E-state index contributed by atoms with van der Waals surface area (Å²) in [6.07, 6.45) is 1.25. The number of H-pyrrole nitrogens is 1. The molecule has 1 aliphatic rings. The van der Waals surface area contributed by atoms with Crippen LogP contribution in [-0.2, 0) is 4.79 Å². The fraction of sp³-hybridized carbons (Fsp3) is 0.0909. The Hall–Kier alpha value is -4.20. The number of aromatic amines is 1. The van der Waals surface area contributed by atoms with Gasteiger partial charge in [-0.2, -0.15) is 10.1 Å². The number of carbonyl (C=O) groups is 1. The van der Waals surface area contributed by atoms with Gasteiger partial charge in [-0.15, -0.1) is 0 Å². The van der Waals surface area contributed by atoms with E-state index in [0.29, 0.717) is 17.1 Å². The van der Waals surface area contributed by atoms with Gasteiger partial charge in [0.15, 0.2) is 0 Å². The molecule has 0 spiro atoms. The van der Waals surface area contributed by atoms with Gasteiger partial charge in [-0.3, -0.25) is 14.6 Å². The molecule has 8 nitrogen and oxygen atoms in total. The summed E-state index contributed by atoms with van der Waals surface area (Å²) in [6.45, 7) is 3.48. The molecule has 3 aromatic rings. The quantitative estimate of drug-likeness (QED) is 0.656. The largest absolute Gasteiger partial charge is 0.494 e. The van der Waals surface area contributed by atoms with E-state index in [4.69, 9.17) is 0 Å². The van der Waals surface area contributed by atoms with E-state index in [1.54, 1.807) is 49.4 Å². The first-order valence-electron chi connectivity index (χ1n) is 9.19. The Morgan fingerprint density at radius 3 is 2.37 bits per heavy atom. The Labute approximate surface area is 171 Å². The van der Waals surface area contributed by atoms with Crippen LogP contribution in [0.4, 0.5) is 5.69 Å². The fourth-order valence-corrected chi connectivity index (χ4v) is 3.25. The topological polar surface area (TPSA) is 108 Å². The molecule has 1 aromatic heterocycles. The number of aromatic hydroxyl groups is 1. The van der Waals surface area contributed by atoms with Crippen molar-refractivity contribution >= 4 is 23.4 Å². The predicted molar refractivity (Wildman–Crippen MR) is 114 cm³/mol. The molecule has 2 aromatic carbocycles. The highest BCUT2D eigenvalue weighted by Gasteiger charge is 2.29. The molecule has 30 heavy (non-hydrogen) atoms. The molecule has 0 aliphatic carbocycles. The van der Waals surface area contributed by atoms with E-state index >= 15 is 0 Å². The highest BCUT2D eigenvalue weighted by Crippen LogP contribution is 2.26. The van der Waals surface area contributed by atoms with Gasteiger partial charge in [0.25, 0.3) is 11.5 Å². The van der Waals surface area contributed by atoms with Gasteiger partial charge in [0.2, 0.25) is 5.88 Å². The average molecular weight is 402 g/mol. The third-order valence-corrected chi connectivity index (χ3v) is 4.73. The maximum Gasteiger partial charge on any atom is 0.335 e. The van der Waals surface area contributed by atoms with Crippen LogP contribution in [0.2, 0.25) is 0 Å². The van der Waals surface area contributed by atoms with Crippen molar-refractivity contribution < 1.29 is 9.90 Å².